The van der Waals surface area contributed by atoms with E-state index < -0.39 is 44.9 Å². The van der Waals surface area contributed by atoms with Gasteiger partial charge >= 0.3 is 0 Å². The molecule has 1 unspecified atom stereocenters. The summed E-state index contributed by atoms with van der Waals surface area (Å²) in [6, 6.07) is 4.10. The molecular formula is C13H6ClF3NO3S-. The highest BCUT2D eigenvalue weighted by Crippen LogP contribution is 2.22. The number of hydrogen-bond donors (Lipinski definition) is 1. The number of halogens is 4. The number of carbonyl (C=O) groups is 1. The van der Waals surface area contributed by atoms with E-state index in [4.69, 9.17) is 11.6 Å². The third-order valence-corrected chi connectivity index (χ3v) is 3.58. The Morgan fingerprint density at radius 2 is 1.77 bits per heavy atom. The van der Waals surface area contributed by atoms with Crippen molar-refractivity contribution in [2.24, 2.45) is 0 Å². The lowest BCUT2D eigenvalue weighted by Crippen LogP contribution is -2.15. The molecule has 0 aliphatic rings. The van der Waals surface area contributed by atoms with Gasteiger partial charge in [-0.25, -0.2) is 13.2 Å². The third-order valence-electron chi connectivity index (χ3n) is 2.62. The Balaban J connectivity index is 2.35. The van der Waals surface area contributed by atoms with Gasteiger partial charge in [-0.05, 0) is 35.3 Å². The van der Waals surface area contributed by atoms with E-state index >= 15 is 0 Å². The molecule has 2 aromatic rings. The number of carbonyl (C=O) groups excluding carboxylic acids is 1. The predicted octanol–water partition coefficient (Wildman–Crippen LogP) is 3.25. The van der Waals surface area contributed by atoms with Crippen LogP contribution < -0.4 is 5.32 Å². The first-order chi connectivity index (χ1) is 10.3. The minimum Gasteiger partial charge on any atom is -0.768 e. The Morgan fingerprint density at radius 1 is 1.09 bits per heavy atom. The van der Waals surface area contributed by atoms with E-state index in [2.05, 4.69) is 5.32 Å². The van der Waals surface area contributed by atoms with Crippen LogP contribution in [0.1, 0.15) is 10.4 Å². The summed E-state index contributed by atoms with van der Waals surface area (Å²) in [5, 5.41) is 1.93. The fourth-order valence-corrected chi connectivity index (χ4v) is 2.22. The molecule has 2 aromatic carbocycles. The van der Waals surface area contributed by atoms with E-state index in [9.17, 15) is 26.7 Å². The van der Waals surface area contributed by atoms with Crippen LogP contribution in [0.2, 0.25) is 5.02 Å². The second-order valence-electron chi connectivity index (χ2n) is 4.08. The number of rotatable bonds is 3. The number of anilines is 1. The Morgan fingerprint density at radius 3 is 2.36 bits per heavy atom. The Hall–Kier alpha value is -1.90. The molecule has 1 amide bonds. The molecule has 0 bridgehead atoms. The molecule has 1 N–H and O–H groups in total. The molecular weight excluding hydrogens is 343 g/mol. The molecule has 0 aromatic heterocycles. The van der Waals surface area contributed by atoms with Crippen molar-refractivity contribution in [3.8, 4) is 0 Å². The predicted molar refractivity (Wildman–Crippen MR) is 72.9 cm³/mol. The number of amides is 1. The zero-order chi connectivity index (χ0) is 16.4. The van der Waals surface area contributed by atoms with Gasteiger partial charge in [0.2, 0.25) is 0 Å². The van der Waals surface area contributed by atoms with Gasteiger partial charge in [-0.3, -0.25) is 9.00 Å². The van der Waals surface area contributed by atoms with Gasteiger partial charge in [0.1, 0.15) is 17.5 Å². The molecule has 9 heteroatoms. The summed E-state index contributed by atoms with van der Waals surface area (Å²) < 4.78 is 61.4. The summed E-state index contributed by atoms with van der Waals surface area (Å²) in [4.78, 5) is 11.1. The topological polar surface area (TPSA) is 69.2 Å². The van der Waals surface area contributed by atoms with E-state index in [1.807, 2.05) is 0 Å². The lowest BCUT2D eigenvalue weighted by atomic mass is 10.2. The van der Waals surface area contributed by atoms with Crippen molar-refractivity contribution in [2.75, 3.05) is 5.32 Å². The van der Waals surface area contributed by atoms with Crippen LogP contribution in [-0.2, 0) is 11.1 Å². The molecule has 0 aliphatic carbocycles. The second kappa shape index (κ2) is 6.47. The quantitative estimate of drug-likeness (QED) is 0.866. The fraction of sp³-hybridized carbons (Fsp3) is 0. The van der Waals surface area contributed by atoms with Crippen LogP contribution in [0, 0.1) is 17.5 Å². The van der Waals surface area contributed by atoms with Crippen LogP contribution >= 0.6 is 11.6 Å². The number of hydrogen-bond acceptors (Lipinski definition) is 3. The van der Waals surface area contributed by atoms with Crippen molar-refractivity contribution >= 4 is 34.3 Å². The van der Waals surface area contributed by atoms with Crippen molar-refractivity contribution in [1.29, 1.82) is 0 Å². The highest BCUT2D eigenvalue weighted by atomic mass is 35.5. The highest BCUT2D eigenvalue weighted by molar-refractivity contribution is 7.79. The van der Waals surface area contributed by atoms with E-state index in [-0.39, 0.29) is 16.8 Å². The lowest BCUT2D eigenvalue weighted by Gasteiger charge is -2.11. The van der Waals surface area contributed by atoms with Gasteiger partial charge in [0.25, 0.3) is 5.91 Å². The minimum atomic E-state index is -2.97. The van der Waals surface area contributed by atoms with Crippen molar-refractivity contribution in [2.45, 2.75) is 4.90 Å². The summed E-state index contributed by atoms with van der Waals surface area (Å²) in [7, 11) is 0. The second-order valence-corrected chi connectivity index (χ2v) is 5.40. The zero-order valence-electron chi connectivity index (χ0n) is 10.5. The third kappa shape index (κ3) is 3.46. The molecule has 0 heterocycles. The van der Waals surface area contributed by atoms with Crippen molar-refractivity contribution in [1.82, 2.24) is 0 Å². The first-order valence-electron chi connectivity index (χ1n) is 5.64. The Labute approximate surface area is 130 Å². The summed E-state index contributed by atoms with van der Waals surface area (Å²) in [6.07, 6.45) is 0. The highest BCUT2D eigenvalue weighted by Gasteiger charge is 2.17. The van der Waals surface area contributed by atoms with E-state index in [1.165, 1.54) is 6.07 Å². The summed E-state index contributed by atoms with van der Waals surface area (Å²) in [5.41, 5.74) is -0.619. The van der Waals surface area contributed by atoms with Gasteiger partial charge in [-0.2, -0.15) is 0 Å². The maximum absolute atomic E-state index is 13.6. The van der Waals surface area contributed by atoms with E-state index in [0.29, 0.717) is 6.07 Å². The summed E-state index contributed by atoms with van der Waals surface area (Å²) in [5.74, 6) is -4.30. The van der Waals surface area contributed by atoms with E-state index in [1.54, 1.807) is 0 Å². The molecule has 0 fully saturated rings. The number of nitrogens with one attached hydrogen (secondary N) is 1. The molecule has 116 valence electrons. The van der Waals surface area contributed by atoms with Crippen LogP contribution in [0.5, 0.6) is 0 Å². The Bertz CT molecular complexity index is 785. The van der Waals surface area contributed by atoms with Crippen LogP contribution in [0.4, 0.5) is 18.9 Å². The van der Waals surface area contributed by atoms with Gasteiger partial charge in [-0.1, -0.05) is 11.6 Å². The van der Waals surface area contributed by atoms with Gasteiger partial charge < -0.3 is 9.87 Å². The molecule has 0 saturated carbocycles. The fourth-order valence-electron chi connectivity index (χ4n) is 1.60. The van der Waals surface area contributed by atoms with Crippen molar-refractivity contribution in [3.63, 3.8) is 0 Å². The normalized spacial score (nSPS) is 12.0. The molecule has 2 rings (SSSR count). The molecule has 22 heavy (non-hydrogen) atoms. The SMILES string of the molecule is O=C(Nc1ccc(F)c(Cl)c1)c1cc(S(=O)[O-])c(F)cc1F. The van der Waals surface area contributed by atoms with Gasteiger partial charge in [0, 0.05) is 11.8 Å². The molecule has 0 saturated heterocycles. The smallest absolute Gasteiger partial charge is 0.258 e. The molecule has 4 nitrogen and oxygen atoms in total. The van der Waals surface area contributed by atoms with Crippen LogP contribution in [0.3, 0.4) is 0 Å². The Kier molecular flexibility index (Phi) is 4.84. The number of benzene rings is 2. The maximum atomic E-state index is 13.6. The molecule has 1 atom stereocenters. The first kappa shape index (κ1) is 16.5. The summed E-state index contributed by atoms with van der Waals surface area (Å²) >= 11 is 2.56. The molecule has 0 spiro atoms. The lowest BCUT2D eigenvalue weighted by molar-refractivity contribution is 0.102. The van der Waals surface area contributed by atoms with E-state index in [0.717, 1.165) is 12.1 Å². The molecule has 0 aliphatic heterocycles. The molecule has 0 radical (unpaired) electrons. The van der Waals surface area contributed by atoms with Crippen molar-refractivity contribution in [3.05, 3.63) is 58.4 Å². The largest absolute Gasteiger partial charge is 0.768 e. The average Bonchev–Trinajstić information content (AvgIpc) is 2.42. The average molecular weight is 349 g/mol. The van der Waals surface area contributed by atoms with Crippen molar-refractivity contribution < 1.29 is 26.7 Å². The maximum Gasteiger partial charge on any atom is 0.258 e. The van der Waals surface area contributed by atoms with Crippen LogP contribution in [0.15, 0.2) is 35.2 Å². The van der Waals surface area contributed by atoms with Crippen LogP contribution in [-0.4, -0.2) is 14.7 Å². The summed E-state index contributed by atoms with van der Waals surface area (Å²) in [6.45, 7) is 0. The monoisotopic (exact) mass is 348 g/mol. The minimum absolute atomic E-state index is 0.0601. The van der Waals surface area contributed by atoms with Gasteiger partial charge in [0.15, 0.2) is 0 Å². The zero-order valence-corrected chi connectivity index (χ0v) is 12.1. The van der Waals surface area contributed by atoms with Crippen LogP contribution in [0.25, 0.3) is 0 Å². The van der Waals surface area contributed by atoms with Gasteiger partial charge in [0.05, 0.1) is 15.5 Å². The van der Waals surface area contributed by atoms with Gasteiger partial charge in [-0.15, -0.1) is 0 Å². The first-order valence-corrected chi connectivity index (χ1v) is 7.09. The standard InChI is InChI=1S/C13H7ClF3NO3S/c14-8-3-6(1-2-9(8)15)18-13(19)7-4-12(22(20)21)11(17)5-10(7)16/h1-5H,(H,18,19)(H,20,21)/p-1.